The van der Waals surface area contributed by atoms with Crippen LogP contribution < -0.4 is 10.3 Å². The molecule has 0 atom stereocenters. The number of ether oxygens (including phenoxy) is 1. The van der Waals surface area contributed by atoms with Crippen LogP contribution in [0.5, 0.6) is 5.75 Å². The predicted molar refractivity (Wildman–Crippen MR) is 153 cm³/mol. The van der Waals surface area contributed by atoms with E-state index in [1.807, 2.05) is 55.5 Å². The van der Waals surface area contributed by atoms with Gasteiger partial charge in [0.15, 0.2) is 5.76 Å². The van der Waals surface area contributed by atoms with E-state index in [1.165, 1.54) is 24.4 Å². The Balaban J connectivity index is 1.46. The Morgan fingerprint density at radius 2 is 1.82 bits per heavy atom. The van der Waals surface area contributed by atoms with E-state index in [9.17, 15) is 14.9 Å². The fraction of sp³-hybridized carbons (Fsp3) is 0.0645. The molecule has 0 radical (unpaired) electrons. The summed E-state index contributed by atoms with van der Waals surface area (Å²) in [6, 6.07) is 28.3. The normalized spacial score (nSPS) is 11.4. The van der Waals surface area contributed by atoms with Crippen molar-refractivity contribution in [3.05, 3.63) is 134 Å². The molecular formula is C31H22N4O5. The highest BCUT2D eigenvalue weighted by molar-refractivity contribution is 5.86. The lowest BCUT2D eigenvalue weighted by molar-refractivity contribution is -0.384. The van der Waals surface area contributed by atoms with Crippen LogP contribution in [-0.2, 0) is 6.61 Å². The van der Waals surface area contributed by atoms with Gasteiger partial charge >= 0.3 is 0 Å². The number of nitro groups is 1. The monoisotopic (exact) mass is 530 g/mol. The number of aryl methyl sites for hydroxylation is 1. The van der Waals surface area contributed by atoms with Gasteiger partial charge in [-0.2, -0.15) is 9.78 Å². The summed E-state index contributed by atoms with van der Waals surface area (Å²) in [6.45, 7) is 2.24. The number of furan rings is 1. The lowest BCUT2D eigenvalue weighted by Gasteiger charge is -2.10. The number of hydrogen-bond donors (Lipinski definition) is 0. The molecule has 0 spiro atoms. The number of fused-ring (bicyclic) bond motifs is 2. The number of aromatic nitrogens is 2. The molecule has 0 amide bonds. The van der Waals surface area contributed by atoms with E-state index in [2.05, 4.69) is 10.1 Å². The van der Waals surface area contributed by atoms with Gasteiger partial charge in [-0.15, -0.1) is 0 Å². The average Bonchev–Trinajstić information content (AvgIpc) is 3.40. The predicted octanol–water partition coefficient (Wildman–Crippen LogP) is 6.49. The van der Waals surface area contributed by atoms with Crippen molar-refractivity contribution in [2.75, 3.05) is 0 Å². The molecule has 0 aliphatic carbocycles. The first-order valence-electron chi connectivity index (χ1n) is 12.5. The van der Waals surface area contributed by atoms with E-state index in [4.69, 9.17) is 9.15 Å². The zero-order valence-electron chi connectivity index (χ0n) is 21.4. The molecule has 0 aliphatic heterocycles. The molecule has 6 rings (SSSR count). The molecule has 2 aromatic heterocycles. The Morgan fingerprint density at radius 1 is 1.00 bits per heavy atom. The van der Waals surface area contributed by atoms with Crippen molar-refractivity contribution in [1.29, 1.82) is 0 Å². The van der Waals surface area contributed by atoms with Gasteiger partial charge < -0.3 is 9.15 Å². The van der Waals surface area contributed by atoms with E-state index in [0.29, 0.717) is 33.6 Å². The summed E-state index contributed by atoms with van der Waals surface area (Å²) < 4.78 is 13.2. The summed E-state index contributed by atoms with van der Waals surface area (Å²) in [4.78, 5) is 29.3. The van der Waals surface area contributed by atoms with E-state index in [0.717, 1.165) is 21.2 Å². The van der Waals surface area contributed by atoms with Gasteiger partial charge in [0.05, 0.1) is 22.0 Å². The number of nitro benzene ring substituents is 1. The molecule has 9 heteroatoms. The SMILES string of the molecule is Cc1cccc(COc2ccc([N+](=O)[O-])cc2C=Nn2c(-c3cc4ccccc4o3)nc3ccccc3c2=O)c1. The molecule has 0 bridgehead atoms. The lowest BCUT2D eigenvalue weighted by Crippen LogP contribution is -2.20. The molecule has 9 nitrogen and oxygen atoms in total. The fourth-order valence-electron chi connectivity index (χ4n) is 4.45. The smallest absolute Gasteiger partial charge is 0.282 e. The van der Waals surface area contributed by atoms with Gasteiger partial charge in [-0.1, -0.05) is 60.2 Å². The van der Waals surface area contributed by atoms with Crippen LogP contribution in [0, 0.1) is 17.0 Å². The number of para-hydroxylation sites is 2. The summed E-state index contributed by atoms with van der Waals surface area (Å²) >= 11 is 0. The molecule has 0 N–H and O–H groups in total. The Labute approximate surface area is 227 Å². The summed E-state index contributed by atoms with van der Waals surface area (Å²) in [5.41, 5.74) is 2.96. The molecule has 4 aromatic carbocycles. The minimum Gasteiger partial charge on any atom is -0.488 e. The minimum absolute atomic E-state index is 0.133. The summed E-state index contributed by atoms with van der Waals surface area (Å²) in [6.07, 6.45) is 1.36. The maximum absolute atomic E-state index is 13.6. The van der Waals surface area contributed by atoms with Crippen LogP contribution in [0.2, 0.25) is 0 Å². The molecule has 40 heavy (non-hydrogen) atoms. The summed E-state index contributed by atoms with van der Waals surface area (Å²) in [5.74, 6) is 0.933. The second-order valence-corrected chi connectivity index (χ2v) is 9.22. The molecule has 6 aromatic rings. The number of rotatable bonds is 7. The standard InChI is InChI=1S/C31H22N4O5/c1-20-7-6-8-21(15-20)19-39-27-14-13-24(35(37)38)16-23(27)18-32-34-30(29-17-22-9-2-5-12-28(22)40-29)33-26-11-4-3-10-25(26)31(34)36/h2-18H,19H2,1H3. The molecule has 0 saturated heterocycles. The van der Waals surface area contributed by atoms with Crippen molar-refractivity contribution in [3.63, 3.8) is 0 Å². The highest BCUT2D eigenvalue weighted by Gasteiger charge is 2.17. The van der Waals surface area contributed by atoms with Crippen LogP contribution in [-0.4, -0.2) is 20.8 Å². The Morgan fingerprint density at radius 3 is 2.65 bits per heavy atom. The Kier molecular flexibility index (Phi) is 6.37. The van der Waals surface area contributed by atoms with Crippen LogP contribution in [0.3, 0.4) is 0 Å². The highest BCUT2D eigenvalue weighted by atomic mass is 16.6. The van der Waals surface area contributed by atoms with Gasteiger partial charge in [-0.05, 0) is 42.8 Å². The minimum atomic E-state index is -0.495. The van der Waals surface area contributed by atoms with Crippen molar-refractivity contribution in [2.45, 2.75) is 13.5 Å². The second kappa shape index (κ2) is 10.3. The van der Waals surface area contributed by atoms with E-state index < -0.39 is 10.5 Å². The molecule has 2 heterocycles. The van der Waals surface area contributed by atoms with E-state index >= 15 is 0 Å². The van der Waals surface area contributed by atoms with Gasteiger partial charge in [0.1, 0.15) is 17.9 Å². The van der Waals surface area contributed by atoms with Gasteiger partial charge in [0.2, 0.25) is 5.82 Å². The maximum atomic E-state index is 13.6. The van der Waals surface area contributed by atoms with Crippen LogP contribution in [0.25, 0.3) is 33.5 Å². The van der Waals surface area contributed by atoms with Crippen LogP contribution in [0.15, 0.2) is 111 Å². The second-order valence-electron chi connectivity index (χ2n) is 9.22. The molecular weight excluding hydrogens is 508 g/mol. The number of non-ortho nitro benzene ring substituents is 1. The third-order valence-corrected chi connectivity index (χ3v) is 6.39. The van der Waals surface area contributed by atoms with Crippen molar-refractivity contribution in [1.82, 2.24) is 9.66 Å². The molecule has 196 valence electrons. The van der Waals surface area contributed by atoms with E-state index in [-0.39, 0.29) is 18.1 Å². The van der Waals surface area contributed by atoms with Crippen molar-refractivity contribution in [3.8, 4) is 17.3 Å². The maximum Gasteiger partial charge on any atom is 0.282 e. The van der Waals surface area contributed by atoms with Crippen LogP contribution in [0.1, 0.15) is 16.7 Å². The number of benzene rings is 4. The van der Waals surface area contributed by atoms with Crippen LogP contribution in [0.4, 0.5) is 5.69 Å². The van der Waals surface area contributed by atoms with Crippen molar-refractivity contribution < 1.29 is 14.1 Å². The number of nitrogens with zero attached hydrogens (tertiary/aromatic N) is 4. The largest absolute Gasteiger partial charge is 0.488 e. The molecule has 0 aliphatic rings. The molecule has 0 fully saturated rings. The van der Waals surface area contributed by atoms with E-state index in [1.54, 1.807) is 30.3 Å². The van der Waals surface area contributed by atoms with Gasteiger partial charge in [0.25, 0.3) is 11.2 Å². The first-order chi connectivity index (χ1) is 19.5. The Hall–Kier alpha value is -5.57. The third-order valence-electron chi connectivity index (χ3n) is 6.39. The number of hydrogen-bond acceptors (Lipinski definition) is 7. The fourth-order valence-corrected chi connectivity index (χ4v) is 4.45. The topological polar surface area (TPSA) is 113 Å². The lowest BCUT2D eigenvalue weighted by atomic mass is 10.1. The van der Waals surface area contributed by atoms with Gasteiger partial charge in [-0.25, -0.2) is 4.98 Å². The summed E-state index contributed by atoms with van der Waals surface area (Å²) in [5, 5.41) is 17.2. The molecule has 0 saturated carbocycles. The molecule has 0 unspecified atom stereocenters. The highest BCUT2D eigenvalue weighted by Crippen LogP contribution is 2.28. The first-order valence-corrected chi connectivity index (χ1v) is 12.5. The van der Waals surface area contributed by atoms with Crippen LogP contribution >= 0.6 is 0 Å². The zero-order chi connectivity index (χ0) is 27.6. The average molecular weight is 531 g/mol. The Bertz CT molecular complexity index is 1960. The van der Waals surface area contributed by atoms with Gasteiger partial charge in [0, 0.05) is 23.1 Å². The van der Waals surface area contributed by atoms with Crippen molar-refractivity contribution in [2.24, 2.45) is 5.10 Å². The third kappa shape index (κ3) is 4.83. The zero-order valence-corrected chi connectivity index (χ0v) is 21.4. The first kappa shape index (κ1) is 24.7. The van der Waals surface area contributed by atoms with Crippen molar-refractivity contribution >= 4 is 33.8 Å². The quantitative estimate of drug-likeness (QED) is 0.132. The van der Waals surface area contributed by atoms with Gasteiger partial charge in [-0.3, -0.25) is 14.9 Å². The summed E-state index contributed by atoms with van der Waals surface area (Å²) in [7, 11) is 0.